The maximum absolute atomic E-state index is 12.0. The number of nitrogens with zero attached hydrogens (tertiary/aromatic N) is 5. The molecule has 2 fully saturated rings. The number of benzene rings is 1. The minimum Gasteiger partial charge on any atom is -0.379 e. The third kappa shape index (κ3) is 8.46. The van der Waals surface area contributed by atoms with Gasteiger partial charge in [-0.1, -0.05) is 18.2 Å². The van der Waals surface area contributed by atoms with Gasteiger partial charge in [-0.05, 0) is 25.1 Å². The van der Waals surface area contributed by atoms with Crippen molar-refractivity contribution in [3.05, 3.63) is 30.3 Å². The molecule has 1 aromatic carbocycles. The lowest BCUT2D eigenvalue weighted by atomic mass is 10.2. The number of halogens is 1. The van der Waals surface area contributed by atoms with Gasteiger partial charge in [0.05, 0.1) is 13.2 Å². The summed E-state index contributed by atoms with van der Waals surface area (Å²) in [6.45, 7) is 9.45. The SMILES string of the molecule is CN(C)C(=O)CN=C(NCCCN1CCOCC1)N1CCN(c2ccccc2)CC1.I. The Balaban J connectivity index is 0.00000341. The zero-order chi connectivity index (χ0) is 21.2. The average molecular weight is 544 g/mol. The van der Waals surface area contributed by atoms with Crippen LogP contribution in [0.4, 0.5) is 5.69 Å². The molecule has 0 atom stereocenters. The lowest BCUT2D eigenvalue weighted by Crippen LogP contribution is -2.53. The zero-order valence-corrected chi connectivity index (χ0v) is 21.2. The number of ether oxygens (including phenoxy) is 1. The van der Waals surface area contributed by atoms with Gasteiger partial charge < -0.3 is 24.8 Å². The van der Waals surface area contributed by atoms with E-state index < -0.39 is 0 Å². The molecule has 9 heteroatoms. The van der Waals surface area contributed by atoms with E-state index in [4.69, 9.17) is 4.74 Å². The van der Waals surface area contributed by atoms with E-state index in [1.807, 2.05) is 6.07 Å². The van der Waals surface area contributed by atoms with E-state index in [0.717, 1.165) is 78.0 Å². The van der Waals surface area contributed by atoms with Crippen molar-refractivity contribution in [2.24, 2.45) is 4.99 Å². The Hall–Kier alpha value is -1.59. The first-order valence-corrected chi connectivity index (χ1v) is 11.0. The summed E-state index contributed by atoms with van der Waals surface area (Å²) in [5.74, 6) is 0.866. The lowest BCUT2D eigenvalue weighted by molar-refractivity contribution is -0.127. The van der Waals surface area contributed by atoms with Gasteiger partial charge in [-0.15, -0.1) is 24.0 Å². The molecule has 1 amide bonds. The number of para-hydroxylation sites is 1. The predicted molar refractivity (Wildman–Crippen MR) is 137 cm³/mol. The number of hydrogen-bond donors (Lipinski definition) is 1. The van der Waals surface area contributed by atoms with Gasteiger partial charge in [0.1, 0.15) is 6.54 Å². The third-order valence-corrected chi connectivity index (χ3v) is 5.60. The summed E-state index contributed by atoms with van der Waals surface area (Å²) < 4.78 is 5.41. The van der Waals surface area contributed by atoms with Crippen LogP contribution in [0.25, 0.3) is 0 Å². The quantitative estimate of drug-likeness (QED) is 0.241. The Morgan fingerprint density at radius 1 is 1.06 bits per heavy atom. The van der Waals surface area contributed by atoms with Crippen LogP contribution in [0.2, 0.25) is 0 Å². The first-order chi connectivity index (χ1) is 14.6. The molecule has 8 nitrogen and oxygen atoms in total. The summed E-state index contributed by atoms with van der Waals surface area (Å²) in [6, 6.07) is 10.5. The molecule has 0 saturated carbocycles. The molecule has 0 radical (unpaired) electrons. The van der Waals surface area contributed by atoms with E-state index in [0.29, 0.717) is 0 Å². The molecule has 174 valence electrons. The zero-order valence-electron chi connectivity index (χ0n) is 18.8. The number of carbonyl (C=O) groups is 1. The van der Waals surface area contributed by atoms with Gasteiger partial charge in [0.15, 0.2) is 5.96 Å². The fourth-order valence-electron chi connectivity index (χ4n) is 3.69. The lowest BCUT2D eigenvalue weighted by Gasteiger charge is -2.38. The summed E-state index contributed by atoms with van der Waals surface area (Å²) in [4.78, 5) is 25.4. The molecule has 1 N–H and O–H groups in total. The largest absolute Gasteiger partial charge is 0.379 e. The number of likely N-dealkylation sites (N-methyl/N-ethyl adjacent to an activating group) is 1. The number of anilines is 1. The van der Waals surface area contributed by atoms with Gasteiger partial charge in [0.2, 0.25) is 5.91 Å². The van der Waals surface area contributed by atoms with E-state index in [1.54, 1.807) is 19.0 Å². The highest BCUT2D eigenvalue weighted by Crippen LogP contribution is 2.15. The Bertz CT molecular complexity index is 674. The van der Waals surface area contributed by atoms with Crippen LogP contribution in [-0.2, 0) is 9.53 Å². The maximum Gasteiger partial charge on any atom is 0.243 e. The van der Waals surface area contributed by atoms with Crippen LogP contribution < -0.4 is 10.2 Å². The molecule has 0 bridgehead atoms. The van der Waals surface area contributed by atoms with E-state index in [2.05, 4.69) is 49.3 Å². The van der Waals surface area contributed by atoms with E-state index >= 15 is 0 Å². The number of carbonyl (C=O) groups excluding carboxylic acids is 1. The molecule has 2 saturated heterocycles. The first kappa shape index (κ1) is 25.7. The van der Waals surface area contributed by atoms with Crippen molar-refractivity contribution in [1.29, 1.82) is 0 Å². The Morgan fingerprint density at radius 2 is 1.74 bits per heavy atom. The van der Waals surface area contributed by atoms with Crippen LogP contribution >= 0.6 is 24.0 Å². The monoisotopic (exact) mass is 544 g/mol. The van der Waals surface area contributed by atoms with Crippen molar-refractivity contribution >= 4 is 41.5 Å². The normalized spacial score (nSPS) is 17.8. The molecule has 3 rings (SSSR count). The highest BCUT2D eigenvalue weighted by atomic mass is 127. The highest BCUT2D eigenvalue weighted by molar-refractivity contribution is 14.0. The Morgan fingerprint density at radius 3 is 2.39 bits per heavy atom. The fraction of sp³-hybridized carbons (Fsp3) is 0.636. The van der Waals surface area contributed by atoms with E-state index in [-0.39, 0.29) is 36.4 Å². The topological polar surface area (TPSA) is 63.7 Å². The molecule has 2 aliphatic heterocycles. The molecule has 2 heterocycles. The fourth-order valence-corrected chi connectivity index (χ4v) is 3.69. The van der Waals surface area contributed by atoms with Gasteiger partial charge >= 0.3 is 0 Å². The van der Waals surface area contributed by atoms with Gasteiger partial charge in [-0.3, -0.25) is 9.69 Å². The van der Waals surface area contributed by atoms with Gasteiger partial charge in [-0.2, -0.15) is 0 Å². The van der Waals surface area contributed by atoms with Gasteiger partial charge in [0, 0.05) is 65.6 Å². The van der Waals surface area contributed by atoms with Crippen LogP contribution in [0.3, 0.4) is 0 Å². The second kappa shape index (κ2) is 13.7. The summed E-state index contributed by atoms with van der Waals surface area (Å²) in [5, 5.41) is 3.51. The Labute approximate surface area is 203 Å². The number of amides is 1. The van der Waals surface area contributed by atoms with Crippen molar-refractivity contribution in [1.82, 2.24) is 20.0 Å². The molecule has 2 aliphatic rings. The minimum atomic E-state index is 0. The minimum absolute atomic E-state index is 0. The van der Waals surface area contributed by atoms with Crippen molar-refractivity contribution in [3.8, 4) is 0 Å². The number of nitrogens with one attached hydrogen (secondary N) is 1. The molecular weight excluding hydrogens is 507 g/mol. The van der Waals surface area contributed by atoms with Crippen molar-refractivity contribution < 1.29 is 9.53 Å². The predicted octanol–water partition coefficient (Wildman–Crippen LogP) is 1.18. The van der Waals surface area contributed by atoms with Crippen LogP contribution in [0.5, 0.6) is 0 Å². The van der Waals surface area contributed by atoms with Crippen LogP contribution in [0.15, 0.2) is 35.3 Å². The molecule has 0 spiro atoms. The van der Waals surface area contributed by atoms with Crippen LogP contribution in [-0.4, -0.2) is 113 Å². The first-order valence-electron chi connectivity index (χ1n) is 11.0. The molecular formula is C22H37IN6O2. The average Bonchev–Trinajstić information content (AvgIpc) is 2.79. The summed E-state index contributed by atoms with van der Waals surface area (Å²) in [6.07, 6.45) is 1.05. The summed E-state index contributed by atoms with van der Waals surface area (Å²) >= 11 is 0. The van der Waals surface area contributed by atoms with Gasteiger partial charge in [-0.25, -0.2) is 4.99 Å². The number of guanidine groups is 1. The maximum atomic E-state index is 12.0. The smallest absolute Gasteiger partial charge is 0.243 e. The second-order valence-electron chi connectivity index (χ2n) is 7.97. The third-order valence-electron chi connectivity index (χ3n) is 5.60. The summed E-state index contributed by atoms with van der Waals surface area (Å²) in [5.41, 5.74) is 1.26. The molecule has 0 unspecified atom stereocenters. The Kier molecular flexibility index (Phi) is 11.4. The summed E-state index contributed by atoms with van der Waals surface area (Å²) in [7, 11) is 3.54. The molecule has 0 aliphatic carbocycles. The molecule has 31 heavy (non-hydrogen) atoms. The van der Waals surface area contributed by atoms with Crippen LogP contribution in [0.1, 0.15) is 6.42 Å². The number of aliphatic imine (C=N–C) groups is 1. The van der Waals surface area contributed by atoms with Crippen molar-refractivity contribution in [2.75, 3.05) is 91.1 Å². The van der Waals surface area contributed by atoms with Crippen molar-refractivity contribution in [2.45, 2.75) is 6.42 Å². The van der Waals surface area contributed by atoms with E-state index in [9.17, 15) is 4.79 Å². The number of morpholine rings is 1. The molecule has 0 aromatic heterocycles. The molecule has 1 aromatic rings. The highest BCUT2D eigenvalue weighted by Gasteiger charge is 2.20. The van der Waals surface area contributed by atoms with Crippen molar-refractivity contribution in [3.63, 3.8) is 0 Å². The number of rotatable bonds is 7. The standard InChI is InChI=1S/C22H36N6O2.HI/c1-25(2)21(29)19-24-22(23-9-6-10-26-15-17-30-18-16-26)28-13-11-27(12-14-28)20-7-4-3-5-8-20;/h3-5,7-8H,6,9-19H2,1-2H3,(H,23,24);1H. The number of hydrogen-bond acceptors (Lipinski definition) is 5. The van der Waals surface area contributed by atoms with Gasteiger partial charge in [0.25, 0.3) is 0 Å². The number of piperazine rings is 1. The van der Waals surface area contributed by atoms with E-state index in [1.165, 1.54) is 5.69 Å². The van der Waals surface area contributed by atoms with Crippen LogP contribution in [0, 0.1) is 0 Å². The second-order valence-corrected chi connectivity index (χ2v) is 7.97.